The first kappa shape index (κ1) is 12.7. The van der Waals surface area contributed by atoms with Gasteiger partial charge in [0, 0.05) is 23.2 Å². The zero-order valence-electron chi connectivity index (χ0n) is 10.8. The molecule has 100 valence electrons. The van der Waals surface area contributed by atoms with Gasteiger partial charge in [-0.3, -0.25) is 4.79 Å². The fourth-order valence-corrected chi connectivity index (χ4v) is 3.42. The molecular weight excluding hydrogens is 306 g/mol. The Kier molecular flexibility index (Phi) is 3.09. The fourth-order valence-electron chi connectivity index (χ4n) is 3.00. The molecule has 19 heavy (non-hydrogen) atoms. The number of anilines is 1. The molecule has 2 N–H and O–H groups in total. The van der Waals surface area contributed by atoms with Gasteiger partial charge < -0.3 is 10.3 Å². The van der Waals surface area contributed by atoms with E-state index >= 15 is 0 Å². The first-order valence-electron chi connectivity index (χ1n) is 6.56. The van der Waals surface area contributed by atoms with Crippen LogP contribution in [-0.4, -0.2) is 9.55 Å². The minimum atomic E-state index is 0.0319. The van der Waals surface area contributed by atoms with Crippen molar-refractivity contribution in [3.63, 3.8) is 0 Å². The molecule has 2 aromatic rings. The van der Waals surface area contributed by atoms with E-state index in [9.17, 15) is 4.79 Å². The van der Waals surface area contributed by atoms with Crippen LogP contribution in [0.1, 0.15) is 37.4 Å². The number of nitrogens with two attached hydrogens (primary N) is 1. The Hall–Kier alpha value is -1.36. The van der Waals surface area contributed by atoms with Crippen molar-refractivity contribution in [3.8, 4) is 0 Å². The van der Waals surface area contributed by atoms with Crippen LogP contribution in [0.3, 0.4) is 0 Å². The van der Waals surface area contributed by atoms with Crippen molar-refractivity contribution in [1.82, 2.24) is 9.55 Å². The maximum Gasteiger partial charge on any atom is 0.265 e. The van der Waals surface area contributed by atoms with E-state index in [4.69, 9.17) is 5.73 Å². The summed E-state index contributed by atoms with van der Waals surface area (Å²) >= 11 is 3.37. The molecule has 0 radical (unpaired) electrons. The van der Waals surface area contributed by atoms with Crippen LogP contribution in [-0.2, 0) is 0 Å². The predicted octanol–water partition coefficient (Wildman–Crippen LogP) is 3.16. The van der Waals surface area contributed by atoms with Crippen LogP contribution in [0.25, 0.3) is 10.9 Å². The zero-order chi connectivity index (χ0) is 13.6. The van der Waals surface area contributed by atoms with Gasteiger partial charge in [-0.25, -0.2) is 4.98 Å². The smallest absolute Gasteiger partial charge is 0.265 e. The van der Waals surface area contributed by atoms with Crippen molar-refractivity contribution in [2.75, 3.05) is 5.73 Å². The van der Waals surface area contributed by atoms with E-state index in [2.05, 4.69) is 20.9 Å². The van der Waals surface area contributed by atoms with Crippen molar-refractivity contribution >= 4 is 32.7 Å². The molecule has 0 saturated heterocycles. The predicted molar refractivity (Wildman–Crippen MR) is 80.4 cm³/mol. The zero-order valence-corrected chi connectivity index (χ0v) is 12.4. The lowest BCUT2D eigenvalue weighted by Gasteiger charge is -2.18. The molecule has 2 heterocycles. The summed E-state index contributed by atoms with van der Waals surface area (Å²) in [6.07, 6.45) is 4.49. The number of aryl methyl sites for hydroxylation is 1. The Bertz CT molecular complexity index is 702. The Balaban J connectivity index is 2.39. The van der Waals surface area contributed by atoms with Crippen molar-refractivity contribution in [1.29, 1.82) is 0 Å². The van der Waals surface area contributed by atoms with E-state index in [1.807, 2.05) is 23.6 Å². The average molecular weight is 322 g/mol. The number of aromatic nitrogens is 2. The van der Waals surface area contributed by atoms with Crippen LogP contribution in [0.15, 0.2) is 21.4 Å². The summed E-state index contributed by atoms with van der Waals surface area (Å²) in [6.45, 7) is 1.93. The molecule has 3 rings (SSSR count). The number of fused-ring (bicyclic) bond motifs is 1. The number of rotatable bonds is 1. The SMILES string of the molecule is Cc1nc(N)cc2c1cc(Br)c(=O)n2C1CCCC1. The summed E-state index contributed by atoms with van der Waals surface area (Å²) in [5.41, 5.74) is 7.64. The van der Waals surface area contributed by atoms with Gasteiger partial charge in [0.25, 0.3) is 5.56 Å². The normalized spacial score (nSPS) is 16.3. The van der Waals surface area contributed by atoms with Gasteiger partial charge in [0.2, 0.25) is 0 Å². The molecule has 0 atom stereocenters. The summed E-state index contributed by atoms with van der Waals surface area (Å²) in [7, 11) is 0. The van der Waals surface area contributed by atoms with Crippen LogP contribution < -0.4 is 11.3 Å². The monoisotopic (exact) mass is 321 g/mol. The second-order valence-electron chi connectivity index (χ2n) is 5.17. The summed E-state index contributed by atoms with van der Waals surface area (Å²) in [5.74, 6) is 0.471. The molecule has 0 bridgehead atoms. The molecule has 1 saturated carbocycles. The van der Waals surface area contributed by atoms with Gasteiger partial charge in [-0.15, -0.1) is 0 Å². The maximum atomic E-state index is 12.4. The average Bonchev–Trinajstić information content (AvgIpc) is 2.85. The molecule has 0 spiro atoms. The first-order chi connectivity index (χ1) is 9.08. The van der Waals surface area contributed by atoms with E-state index in [1.165, 1.54) is 12.8 Å². The molecule has 4 nitrogen and oxygen atoms in total. The number of nitrogen functional groups attached to an aromatic ring is 1. The molecule has 0 aromatic carbocycles. The number of nitrogens with zero attached hydrogens (tertiary/aromatic N) is 2. The minimum Gasteiger partial charge on any atom is -0.384 e. The highest BCUT2D eigenvalue weighted by molar-refractivity contribution is 9.10. The van der Waals surface area contributed by atoms with E-state index in [0.29, 0.717) is 10.3 Å². The third-order valence-electron chi connectivity index (χ3n) is 3.89. The van der Waals surface area contributed by atoms with Gasteiger partial charge in [0.05, 0.1) is 9.99 Å². The van der Waals surface area contributed by atoms with Gasteiger partial charge in [-0.1, -0.05) is 12.8 Å². The van der Waals surface area contributed by atoms with Crippen molar-refractivity contribution in [2.24, 2.45) is 0 Å². The minimum absolute atomic E-state index is 0.0319. The number of hydrogen-bond donors (Lipinski definition) is 1. The molecule has 1 aliphatic rings. The molecule has 5 heteroatoms. The second kappa shape index (κ2) is 4.63. The highest BCUT2D eigenvalue weighted by Crippen LogP contribution is 2.32. The quantitative estimate of drug-likeness (QED) is 0.877. The Labute approximate surface area is 119 Å². The lowest BCUT2D eigenvalue weighted by molar-refractivity contribution is 0.518. The summed E-state index contributed by atoms with van der Waals surface area (Å²) in [4.78, 5) is 16.7. The van der Waals surface area contributed by atoms with Gasteiger partial charge in [0.1, 0.15) is 5.82 Å². The molecule has 1 fully saturated rings. The summed E-state index contributed by atoms with van der Waals surface area (Å²) < 4.78 is 2.50. The standard InChI is InChI=1S/C14H16BrN3O/c1-8-10-6-11(15)14(19)18(9-4-2-3-5-9)12(10)7-13(16)17-8/h6-7,9H,2-5H2,1H3,(H2,16,17). The Morgan fingerprint density at radius 2 is 2.05 bits per heavy atom. The largest absolute Gasteiger partial charge is 0.384 e. The maximum absolute atomic E-state index is 12.4. The lowest BCUT2D eigenvalue weighted by atomic mass is 10.1. The van der Waals surface area contributed by atoms with Gasteiger partial charge in [-0.2, -0.15) is 0 Å². The van der Waals surface area contributed by atoms with Gasteiger partial charge in [0.15, 0.2) is 0 Å². The molecule has 0 unspecified atom stereocenters. The van der Waals surface area contributed by atoms with Crippen LogP contribution >= 0.6 is 15.9 Å². The van der Waals surface area contributed by atoms with Crippen molar-refractivity contribution in [3.05, 3.63) is 32.7 Å². The molecule has 0 aliphatic heterocycles. The van der Waals surface area contributed by atoms with Crippen LogP contribution in [0.4, 0.5) is 5.82 Å². The van der Waals surface area contributed by atoms with Crippen molar-refractivity contribution in [2.45, 2.75) is 38.6 Å². The molecular formula is C14H16BrN3O. The van der Waals surface area contributed by atoms with E-state index in [1.54, 1.807) is 0 Å². The number of pyridine rings is 2. The lowest BCUT2D eigenvalue weighted by Crippen LogP contribution is -2.24. The van der Waals surface area contributed by atoms with Crippen LogP contribution in [0.5, 0.6) is 0 Å². The Morgan fingerprint density at radius 1 is 1.37 bits per heavy atom. The molecule has 2 aromatic heterocycles. The van der Waals surface area contributed by atoms with Crippen LogP contribution in [0.2, 0.25) is 0 Å². The highest BCUT2D eigenvalue weighted by Gasteiger charge is 2.21. The molecule has 1 aliphatic carbocycles. The number of hydrogen-bond acceptors (Lipinski definition) is 3. The van der Waals surface area contributed by atoms with E-state index in [0.717, 1.165) is 29.4 Å². The third-order valence-corrected chi connectivity index (χ3v) is 4.46. The molecule has 0 amide bonds. The highest BCUT2D eigenvalue weighted by atomic mass is 79.9. The van der Waals surface area contributed by atoms with Crippen molar-refractivity contribution < 1.29 is 0 Å². The van der Waals surface area contributed by atoms with E-state index in [-0.39, 0.29) is 11.6 Å². The first-order valence-corrected chi connectivity index (χ1v) is 7.35. The third kappa shape index (κ3) is 2.06. The fraction of sp³-hybridized carbons (Fsp3) is 0.429. The topological polar surface area (TPSA) is 60.9 Å². The van der Waals surface area contributed by atoms with Gasteiger partial charge >= 0.3 is 0 Å². The summed E-state index contributed by atoms with van der Waals surface area (Å²) in [6, 6.07) is 3.95. The number of halogens is 1. The Morgan fingerprint density at radius 3 is 2.74 bits per heavy atom. The summed E-state index contributed by atoms with van der Waals surface area (Å²) in [5, 5.41) is 0.993. The van der Waals surface area contributed by atoms with Crippen LogP contribution in [0, 0.1) is 6.92 Å². The second-order valence-corrected chi connectivity index (χ2v) is 6.03. The van der Waals surface area contributed by atoms with E-state index < -0.39 is 0 Å². The van der Waals surface area contributed by atoms with Gasteiger partial charge in [-0.05, 0) is 41.8 Å².